The number of rotatable bonds is 6. The van der Waals surface area contributed by atoms with E-state index in [1.807, 2.05) is 19.2 Å². The Labute approximate surface area is 208 Å². The number of hydrogen-bond acceptors (Lipinski definition) is 6. The number of carbonyl (C=O) groups is 1. The summed E-state index contributed by atoms with van der Waals surface area (Å²) in [5.41, 5.74) is 4.27. The molecule has 0 radical (unpaired) electrons. The molecule has 1 aliphatic heterocycles. The second-order valence-electron chi connectivity index (χ2n) is 9.48. The summed E-state index contributed by atoms with van der Waals surface area (Å²) in [6.45, 7) is 8.51. The van der Waals surface area contributed by atoms with Crippen LogP contribution < -0.4 is 10.5 Å². The zero-order valence-corrected chi connectivity index (χ0v) is 21.5. The smallest absolute Gasteiger partial charge is 0.263 e. The average Bonchev–Trinajstić information content (AvgIpc) is 3.29. The number of hydrogen-bond donors (Lipinski definition) is 0. The fourth-order valence-electron chi connectivity index (χ4n) is 5.21. The lowest BCUT2D eigenvalue weighted by Gasteiger charge is -2.23. The molecule has 0 bridgehead atoms. The van der Waals surface area contributed by atoms with E-state index in [1.165, 1.54) is 34.2 Å². The fourth-order valence-corrected chi connectivity index (χ4v) is 7.34. The summed E-state index contributed by atoms with van der Waals surface area (Å²) in [5.74, 6) is 0.238. The van der Waals surface area contributed by atoms with Crippen molar-refractivity contribution in [2.75, 3.05) is 17.7 Å². The molecule has 34 heavy (non-hydrogen) atoms. The average molecular weight is 492 g/mol. The monoisotopic (exact) mass is 491 g/mol. The van der Waals surface area contributed by atoms with E-state index in [9.17, 15) is 9.59 Å². The molecule has 2 aromatic heterocycles. The second kappa shape index (κ2) is 8.86. The lowest BCUT2D eigenvalue weighted by molar-refractivity contribution is -0.112. The van der Waals surface area contributed by atoms with Gasteiger partial charge in [0.25, 0.3) is 5.56 Å². The van der Waals surface area contributed by atoms with Crippen molar-refractivity contribution in [3.8, 4) is 0 Å². The minimum absolute atomic E-state index is 0.00953. The van der Waals surface area contributed by atoms with Crippen LogP contribution in [0.4, 0.5) is 5.69 Å². The van der Waals surface area contributed by atoms with Gasteiger partial charge in [0.1, 0.15) is 4.83 Å². The Kier molecular flexibility index (Phi) is 6.02. The first-order valence-electron chi connectivity index (χ1n) is 11.7. The molecule has 176 valence electrons. The number of nitrogens with zero attached hydrogens (tertiary/aromatic N) is 3. The van der Waals surface area contributed by atoms with Crippen molar-refractivity contribution < 1.29 is 4.79 Å². The molecule has 0 saturated carbocycles. The molecule has 0 unspecified atom stereocenters. The highest BCUT2D eigenvalue weighted by molar-refractivity contribution is 7.99. The number of allylic oxidation sites excluding steroid dienone is 3. The number of aromatic nitrogens is 2. The summed E-state index contributed by atoms with van der Waals surface area (Å²) in [5, 5.41) is 1.36. The van der Waals surface area contributed by atoms with E-state index in [2.05, 4.69) is 37.5 Å². The van der Waals surface area contributed by atoms with Crippen molar-refractivity contribution >= 4 is 44.8 Å². The zero-order chi connectivity index (χ0) is 24.0. The number of para-hydroxylation sites is 1. The van der Waals surface area contributed by atoms with Gasteiger partial charge in [-0.05, 0) is 42.9 Å². The van der Waals surface area contributed by atoms with Crippen LogP contribution >= 0.6 is 23.1 Å². The quantitative estimate of drug-likeness (QED) is 0.197. The van der Waals surface area contributed by atoms with Crippen LogP contribution in [0.5, 0.6) is 0 Å². The summed E-state index contributed by atoms with van der Waals surface area (Å²) in [6.07, 6.45) is 7.73. The molecule has 0 saturated heterocycles. The minimum atomic E-state index is -0.246. The van der Waals surface area contributed by atoms with Crippen LogP contribution in [-0.4, -0.2) is 28.1 Å². The van der Waals surface area contributed by atoms with E-state index in [-0.39, 0.29) is 22.5 Å². The summed E-state index contributed by atoms with van der Waals surface area (Å²) in [6, 6.07) is 8.28. The van der Waals surface area contributed by atoms with E-state index in [0.717, 1.165) is 40.9 Å². The molecular weight excluding hydrogens is 462 g/mol. The predicted molar refractivity (Wildman–Crippen MR) is 142 cm³/mol. The Morgan fingerprint density at radius 3 is 2.79 bits per heavy atom. The molecule has 0 fully saturated rings. The van der Waals surface area contributed by atoms with Gasteiger partial charge in [0.15, 0.2) is 10.9 Å². The van der Waals surface area contributed by atoms with Crippen LogP contribution in [0.3, 0.4) is 0 Å². The predicted octanol–water partition coefficient (Wildman–Crippen LogP) is 5.50. The lowest BCUT2D eigenvalue weighted by Crippen LogP contribution is -2.25. The molecule has 0 atom stereocenters. The standard InChI is InChI=1S/C27H29N3O2S2/c1-5-14-30-25(32)23-18-10-6-9-13-21(18)34-24(23)28-26(30)33-16-17(31)15-22-27(2,3)19-11-7-8-12-20(19)29(22)4/h5,7-8,11-12,15H,1,6,9-10,13-14,16H2,2-4H3. The molecule has 2 aliphatic rings. The maximum atomic E-state index is 13.4. The third kappa shape index (κ3) is 3.75. The van der Waals surface area contributed by atoms with Crippen LogP contribution in [0.25, 0.3) is 10.2 Å². The fraction of sp³-hybridized carbons (Fsp3) is 0.370. The van der Waals surface area contributed by atoms with Crippen molar-refractivity contribution in [3.05, 3.63) is 75.1 Å². The number of benzene rings is 1. The highest BCUT2D eigenvalue weighted by Crippen LogP contribution is 2.46. The van der Waals surface area contributed by atoms with Crippen molar-refractivity contribution in [3.63, 3.8) is 0 Å². The molecular formula is C27H29N3O2S2. The molecule has 7 heteroatoms. The molecule has 0 spiro atoms. The molecule has 5 rings (SSSR count). The maximum absolute atomic E-state index is 13.4. The van der Waals surface area contributed by atoms with Gasteiger partial charge in [0.05, 0.1) is 11.1 Å². The van der Waals surface area contributed by atoms with E-state index >= 15 is 0 Å². The number of aryl methyl sites for hydroxylation is 2. The molecule has 0 amide bonds. The topological polar surface area (TPSA) is 55.2 Å². The van der Waals surface area contributed by atoms with Gasteiger partial charge in [-0.2, -0.15) is 0 Å². The van der Waals surface area contributed by atoms with Gasteiger partial charge < -0.3 is 4.90 Å². The number of likely N-dealkylation sites (N-methyl/N-ethyl adjacent to an activating group) is 1. The number of fused-ring (bicyclic) bond motifs is 4. The van der Waals surface area contributed by atoms with Crippen LogP contribution in [0.1, 0.15) is 42.7 Å². The molecule has 3 aromatic rings. The maximum Gasteiger partial charge on any atom is 0.263 e. The largest absolute Gasteiger partial charge is 0.347 e. The Morgan fingerprint density at radius 1 is 1.26 bits per heavy atom. The molecule has 1 aromatic carbocycles. The Morgan fingerprint density at radius 2 is 2.03 bits per heavy atom. The van der Waals surface area contributed by atoms with Gasteiger partial charge >= 0.3 is 0 Å². The molecule has 5 nitrogen and oxygen atoms in total. The summed E-state index contributed by atoms with van der Waals surface area (Å²) in [7, 11) is 2.01. The summed E-state index contributed by atoms with van der Waals surface area (Å²) < 4.78 is 1.67. The highest BCUT2D eigenvalue weighted by Gasteiger charge is 2.38. The van der Waals surface area contributed by atoms with E-state index in [0.29, 0.717) is 11.7 Å². The van der Waals surface area contributed by atoms with E-state index in [4.69, 9.17) is 4.98 Å². The first-order valence-corrected chi connectivity index (χ1v) is 13.5. The SMILES string of the molecule is C=CCn1c(SCC(=O)C=C2N(C)c3ccccc3C2(C)C)nc2sc3c(c2c1=O)CCCC3. The third-order valence-electron chi connectivity index (χ3n) is 6.93. The van der Waals surface area contributed by atoms with Gasteiger partial charge in [-0.3, -0.25) is 14.2 Å². The van der Waals surface area contributed by atoms with Gasteiger partial charge in [-0.15, -0.1) is 17.9 Å². The number of thiophene rings is 1. The highest BCUT2D eigenvalue weighted by atomic mass is 32.2. The van der Waals surface area contributed by atoms with Crippen LogP contribution in [-0.2, 0) is 29.6 Å². The normalized spacial score (nSPS) is 17.7. The van der Waals surface area contributed by atoms with Crippen LogP contribution in [0, 0.1) is 0 Å². The Hall–Kier alpha value is -2.64. The zero-order valence-electron chi connectivity index (χ0n) is 19.9. The minimum Gasteiger partial charge on any atom is -0.347 e. The lowest BCUT2D eigenvalue weighted by atomic mass is 9.83. The van der Waals surface area contributed by atoms with Gasteiger partial charge in [-0.1, -0.05) is 49.9 Å². The van der Waals surface area contributed by atoms with Gasteiger partial charge in [0.2, 0.25) is 0 Å². The van der Waals surface area contributed by atoms with Crippen LogP contribution in [0.15, 0.2) is 58.6 Å². The Balaban J connectivity index is 1.44. The number of anilines is 1. The number of ketones is 1. The Bertz CT molecular complexity index is 1400. The molecule has 3 heterocycles. The first-order chi connectivity index (χ1) is 16.3. The van der Waals surface area contributed by atoms with Crippen LogP contribution in [0.2, 0.25) is 0 Å². The number of thioether (sulfide) groups is 1. The van der Waals surface area contributed by atoms with E-state index in [1.54, 1.807) is 28.1 Å². The van der Waals surface area contributed by atoms with Crippen molar-refractivity contribution in [1.82, 2.24) is 9.55 Å². The van der Waals surface area contributed by atoms with Gasteiger partial charge in [0, 0.05) is 41.3 Å². The van der Waals surface area contributed by atoms with Gasteiger partial charge in [-0.25, -0.2) is 4.98 Å². The second-order valence-corrected chi connectivity index (χ2v) is 11.5. The van der Waals surface area contributed by atoms with Crippen molar-refractivity contribution in [1.29, 1.82) is 0 Å². The summed E-state index contributed by atoms with van der Waals surface area (Å²) in [4.78, 5) is 35.5. The van der Waals surface area contributed by atoms with Crippen molar-refractivity contribution in [2.24, 2.45) is 0 Å². The third-order valence-corrected chi connectivity index (χ3v) is 9.12. The first kappa shape index (κ1) is 23.1. The van der Waals surface area contributed by atoms with Crippen molar-refractivity contribution in [2.45, 2.75) is 56.6 Å². The summed E-state index contributed by atoms with van der Waals surface area (Å²) >= 11 is 2.98. The molecule has 1 aliphatic carbocycles. The molecule has 0 N–H and O–H groups in total. The van der Waals surface area contributed by atoms with E-state index < -0.39 is 0 Å². The number of carbonyl (C=O) groups excluding carboxylic acids is 1.